The van der Waals surface area contributed by atoms with Crippen LogP contribution in [0.2, 0.25) is 10.0 Å². The van der Waals surface area contributed by atoms with Crippen LogP contribution in [0.15, 0.2) is 47.3 Å². The fourth-order valence-corrected chi connectivity index (χ4v) is 2.97. The second kappa shape index (κ2) is 7.39. The highest BCUT2D eigenvalue weighted by Crippen LogP contribution is 2.22. The molecule has 1 heterocycles. The third kappa shape index (κ3) is 3.92. The number of carbonyl (C=O) groups is 1. The molecular weight excluding hydrogens is 381 g/mol. The van der Waals surface area contributed by atoms with Crippen molar-refractivity contribution in [1.29, 1.82) is 0 Å². The van der Waals surface area contributed by atoms with E-state index in [1.807, 2.05) is 0 Å². The Morgan fingerprint density at radius 3 is 2.68 bits per heavy atom. The van der Waals surface area contributed by atoms with Crippen LogP contribution in [-0.4, -0.2) is 15.5 Å². The van der Waals surface area contributed by atoms with Crippen LogP contribution in [0.25, 0.3) is 10.9 Å². The van der Waals surface area contributed by atoms with Gasteiger partial charge in [0.1, 0.15) is 6.54 Å². The molecule has 3 aromatic rings. The van der Waals surface area contributed by atoms with Gasteiger partial charge < -0.3 is 10.3 Å². The number of halogens is 2. The minimum absolute atomic E-state index is 0.166. The maximum atomic E-state index is 12.5. The monoisotopic (exact) mass is 393 g/mol. The van der Waals surface area contributed by atoms with Crippen LogP contribution in [0.4, 0.5) is 0 Å². The van der Waals surface area contributed by atoms with Gasteiger partial charge in [0.25, 0.3) is 5.56 Å². The van der Waals surface area contributed by atoms with E-state index in [-0.39, 0.29) is 29.3 Å². The molecule has 0 unspecified atom stereocenters. The van der Waals surface area contributed by atoms with Gasteiger partial charge in [-0.2, -0.15) is 0 Å². The molecule has 0 fully saturated rings. The highest BCUT2D eigenvalue weighted by atomic mass is 35.5. The summed E-state index contributed by atoms with van der Waals surface area (Å²) in [6, 6.07) is 12.1. The molecule has 2 N–H and O–H groups in total. The quantitative estimate of drug-likeness (QED) is 0.664. The lowest BCUT2D eigenvalue weighted by Gasteiger charge is -2.09. The minimum Gasteiger partial charge on any atom is -0.350 e. The second-order valence-corrected chi connectivity index (χ2v) is 6.59. The van der Waals surface area contributed by atoms with E-state index in [0.717, 1.165) is 5.56 Å². The summed E-state index contributed by atoms with van der Waals surface area (Å²) in [6.45, 7) is 0.106. The Kier molecular flexibility index (Phi) is 5.22. The lowest BCUT2D eigenvalue weighted by atomic mass is 10.2. The summed E-state index contributed by atoms with van der Waals surface area (Å²) in [5, 5.41) is 4.08. The van der Waals surface area contributed by atoms with Gasteiger partial charge in [-0.25, -0.2) is 0 Å². The summed E-state index contributed by atoms with van der Waals surface area (Å²) >= 11 is 17.0. The summed E-state index contributed by atoms with van der Waals surface area (Å²) in [5.74, 6) is -0.331. The van der Waals surface area contributed by atoms with Crippen molar-refractivity contribution >= 4 is 52.2 Å². The number of nitrogens with zero attached hydrogens (tertiary/aromatic N) is 1. The number of carbonyl (C=O) groups excluding carboxylic acids is 1. The smallest absolute Gasteiger partial charge is 0.262 e. The van der Waals surface area contributed by atoms with Gasteiger partial charge in [-0.3, -0.25) is 14.2 Å². The predicted octanol–water partition coefficient (Wildman–Crippen LogP) is 3.68. The number of para-hydroxylation sites is 1. The molecule has 0 bridgehead atoms. The number of aromatic nitrogens is 2. The summed E-state index contributed by atoms with van der Waals surface area (Å²) in [4.78, 5) is 27.7. The van der Waals surface area contributed by atoms with Gasteiger partial charge >= 0.3 is 0 Å². The van der Waals surface area contributed by atoms with Crippen molar-refractivity contribution in [3.8, 4) is 0 Å². The Hall–Kier alpha value is -2.15. The van der Waals surface area contributed by atoms with Gasteiger partial charge in [-0.05, 0) is 42.0 Å². The number of nitrogens with one attached hydrogen (secondary N) is 2. The van der Waals surface area contributed by atoms with Gasteiger partial charge in [0.05, 0.1) is 20.9 Å². The zero-order valence-corrected chi connectivity index (χ0v) is 15.2. The van der Waals surface area contributed by atoms with Crippen LogP contribution in [-0.2, 0) is 17.9 Å². The first kappa shape index (κ1) is 17.7. The Bertz CT molecular complexity index is 1080. The number of rotatable bonds is 4. The molecule has 1 amide bonds. The predicted molar refractivity (Wildman–Crippen MR) is 102 cm³/mol. The third-order valence-corrected chi connectivity index (χ3v) is 4.73. The molecule has 128 valence electrons. The number of aromatic amines is 1. The fourth-order valence-electron chi connectivity index (χ4n) is 2.39. The largest absolute Gasteiger partial charge is 0.350 e. The molecule has 0 atom stereocenters. The number of amides is 1. The highest BCUT2D eigenvalue weighted by Gasteiger charge is 2.09. The van der Waals surface area contributed by atoms with Crippen LogP contribution in [0, 0.1) is 4.77 Å². The number of hydrogen-bond donors (Lipinski definition) is 2. The molecule has 2 aromatic carbocycles. The third-order valence-electron chi connectivity index (χ3n) is 3.66. The van der Waals surface area contributed by atoms with Gasteiger partial charge in [0.15, 0.2) is 4.77 Å². The Labute approximate surface area is 158 Å². The molecule has 25 heavy (non-hydrogen) atoms. The van der Waals surface area contributed by atoms with Crippen molar-refractivity contribution in [1.82, 2.24) is 14.9 Å². The first-order valence-electron chi connectivity index (χ1n) is 7.38. The SMILES string of the molecule is O=C(Cn1c(=S)[nH]c2ccccc2c1=O)NCc1ccc(Cl)c(Cl)c1. The van der Waals surface area contributed by atoms with E-state index in [9.17, 15) is 9.59 Å². The zero-order chi connectivity index (χ0) is 18.0. The first-order chi connectivity index (χ1) is 12.0. The van der Waals surface area contributed by atoms with Crippen LogP contribution >= 0.6 is 35.4 Å². The molecule has 0 radical (unpaired) electrons. The molecule has 0 saturated heterocycles. The standard InChI is InChI=1S/C17H13Cl2N3O2S/c18-12-6-5-10(7-13(12)19)8-20-15(23)9-22-16(24)11-3-1-2-4-14(11)21-17(22)25/h1-7H,8-9H2,(H,20,23)(H,21,25). The van der Waals surface area contributed by atoms with Gasteiger partial charge in [0, 0.05) is 6.54 Å². The molecule has 3 rings (SSSR count). The van der Waals surface area contributed by atoms with E-state index in [0.29, 0.717) is 20.9 Å². The maximum absolute atomic E-state index is 12.5. The van der Waals surface area contributed by atoms with Crippen molar-refractivity contribution in [2.75, 3.05) is 0 Å². The fraction of sp³-hybridized carbons (Fsp3) is 0.118. The number of benzene rings is 2. The molecule has 0 aliphatic rings. The number of hydrogen-bond acceptors (Lipinski definition) is 3. The molecule has 0 aliphatic heterocycles. The average Bonchev–Trinajstić information content (AvgIpc) is 2.59. The molecule has 0 aliphatic carbocycles. The number of H-pyrrole nitrogens is 1. The molecule has 0 spiro atoms. The molecular formula is C17H13Cl2N3O2S. The van der Waals surface area contributed by atoms with E-state index >= 15 is 0 Å². The van der Waals surface area contributed by atoms with E-state index in [1.165, 1.54) is 4.57 Å². The molecule has 1 aromatic heterocycles. The molecule has 0 saturated carbocycles. The van der Waals surface area contributed by atoms with Gasteiger partial charge in [0.2, 0.25) is 5.91 Å². The lowest BCUT2D eigenvalue weighted by Crippen LogP contribution is -2.32. The number of fused-ring (bicyclic) bond motifs is 1. The van der Waals surface area contributed by atoms with Crippen LogP contribution in [0.1, 0.15) is 5.56 Å². The van der Waals surface area contributed by atoms with E-state index in [1.54, 1.807) is 42.5 Å². The molecule has 5 nitrogen and oxygen atoms in total. The van der Waals surface area contributed by atoms with Crippen LogP contribution in [0.5, 0.6) is 0 Å². The average molecular weight is 394 g/mol. The van der Waals surface area contributed by atoms with Crippen molar-refractivity contribution in [3.63, 3.8) is 0 Å². The van der Waals surface area contributed by atoms with Crippen molar-refractivity contribution in [3.05, 3.63) is 73.2 Å². The zero-order valence-electron chi connectivity index (χ0n) is 12.9. The highest BCUT2D eigenvalue weighted by molar-refractivity contribution is 7.71. The minimum atomic E-state index is -0.331. The van der Waals surface area contributed by atoms with Crippen LogP contribution < -0.4 is 10.9 Å². The van der Waals surface area contributed by atoms with Crippen molar-refractivity contribution < 1.29 is 4.79 Å². The topological polar surface area (TPSA) is 66.9 Å². The normalized spacial score (nSPS) is 10.8. The maximum Gasteiger partial charge on any atom is 0.262 e. The Morgan fingerprint density at radius 1 is 1.16 bits per heavy atom. The van der Waals surface area contributed by atoms with Crippen molar-refractivity contribution in [2.24, 2.45) is 0 Å². The Morgan fingerprint density at radius 2 is 1.92 bits per heavy atom. The van der Waals surface area contributed by atoms with Crippen molar-refractivity contribution in [2.45, 2.75) is 13.1 Å². The van der Waals surface area contributed by atoms with Gasteiger partial charge in [-0.1, -0.05) is 41.4 Å². The van der Waals surface area contributed by atoms with E-state index in [4.69, 9.17) is 35.4 Å². The summed E-state index contributed by atoms with van der Waals surface area (Å²) < 4.78 is 1.44. The lowest BCUT2D eigenvalue weighted by molar-refractivity contribution is -0.121. The summed E-state index contributed by atoms with van der Waals surface area (Å²) in [6.07, 6.45) is 0. The van der Waals surface area contributed by atoms with E-state index < -0.39 is 0 Å². The summed E-state index contributed by atoms with van der Waals surface area (Å²) in [7, 11) is 0. The van der Waals surface area contributed by atoms with E-state index in [2.05, 4.69) is 10.3 Å². The van der Waals surface area contributed by atoms with Crippen LogP contribution in [0.3, 0.4) is 0 Å². The Balaban J connectivity index is 1.77. The second-order valence-electron chi connectivity index (χ2n) is 5.39. The van der Waals surface area contributed by atoms with Gasteiger partial charge in [-0.15, -0.1) is 0 Å². The summed E-state index contributed by atoms with van der Waals surface area (Å²) in [5.41, 5.74) is 1.15. The first-order valence-corrected chi connectivity index (χ1v) is 8.54. The molecule has 8 heteroatoms.